The number of amides is 1. The van der Waals surface area contributed by atoms with E-state index in [1.807, 2.05) is 32.9 Å². The SMILES string of the molecule is Cc1cc(N2CCCCC2)ccc1-c1c(C(=O)NC(C)C)noc1-c1cc(Cl)c(O)cc1O. The zero-order valence-corrected chi connectivity index (χ0v) is 19.7. The van der Waals surface area contributed by atoms with Crippen LogP contribution in [0.15, 0.2) is 34.9 Å². The molecule has 0 atom stereocenters. The van der Waals surface area contributed by atoms with Gasteiger partial charge in [0.2, 0.25) is 0 Å². The summed E-state index contributed by atoms with van der Waals surface area (Å²) in [5, 5.41) is 27.3. The standard InChI is InChI=1S/C25H28ClN3O4/c1-14(2)27-25(32)23-22(24(33-28-23)18-12-19(26)21(31)13-20(18)30)17-8-7-16(11-15(17)3)29-9-5-4-6-10-29/h7-8,11-14,30-31H,4-6,9-10H2,1-3H3,(H,27,32). The van der Waals surface area contributed by atoms with Gasteiger partial charge in [0.05, 0.1) is 16.1 Å². The maximum Gasteiger partial charge on any atom is 0.274 e. The molecule has 0 spiro atoms. The normalized spacial score (nSPS) is 14.0. The van der Waals surface area contributed by atoms with E-state index in [2.05, 4.69) is 21.4 Å². The Bertz CT molecular complexity index is 1180. The molecule has 2 aromatic carbocycles. The van der Waals surface area contributed by atoms with Gasteiger partial charge in [-0.3, -0.25) is 4.79 Å². The van der Waals surface area contributed by atoms with Crippen LogP contribution in [0, 0.1) is 6.92 Å². The van der Waals surface area contributed by atoms with E-state index in [0.29, 0.717) is 5.56 Å². The number of benzene rings is 2. The van der Waals surface area contributed by atoms with Crippen molar-refractivity contribution in [2.75, 3.05) is 18.0 Å². The molecule has 3 N–H and O–H groups in total. The molecule has 1 aliphatic rings. The summed E-state index contributed by atoms with van der Waals surface area (Å²) in [7, 11) is 0. The number of aryl methyl sites for hydroxylation is 1. The van der Waals surface area contributed by atoms with Gasteiger partial charge in [-0.15, -0.1) is 0 Å². The first kappa shape index (κ1) is 23.0. The maximum atomic E-state index is 13.0. The Balaban J connectivity index is 1.86. The number of nitrogens with one attached hydrogen (secondary N) is 1. The molecular formula is C25H28ClN3O4. The number of halogens is 1. The Morgan fingerprint density at radius 2 is 1.82 bits per heavy atom. The van der Waals surface area contributed by atoms with Gasteiger partial charge in [0.25, 0.3) is 5.91 Å². The lowest BCUT2D eigenvalue weighted by atomic mass is 9.94. The summed E-state index contributed by atoms with van der Waals surface area (Å²) in [5.41, 5.74) is 3.68. The van der Waals surface area contributed by atoms with Crippen molar-refractivity contribution in [2.24, 2.45) is 0 Å². The zero-order valence-electron chi connectivity index (χ0n) is 19.0. The van der Waals surface area contributed by atoms with E-state index in [4.69, 9.17) is 16.1 Å². The molecule has 33 heavy (non-hydrogen) atoms. The van der Waals surface area contributed by atoms with E-state index >= 15 is 0 Å². The van der Waals surface area contributed by atoms with E-state index in [9.17, 15) is 15.0 Å². The average Bonchev–Trinajstić information content (AvgIpc) is 3.21. The monoisotopic (exact) mass is 469 g/mol. The molecule has 0 bridgehead atoms. The van der Waals surface area contributed by atoms with Crippen molar-refractivity contribution in [1.29, 1.82) is 0 Å². The largest absolute Gasteiger partial charge is 0.507 e. The second kappa shape index (κ2) is 9.35. The molecule has 0 radical (unpaired) electrons. The number of aromatic nitrogens is 1. The molecule has 7 nitrogen and oxygen atoms in total. The first-order valence-corrected chi connectivity index (χ1v) is 11.5. The van der Waals surface area contributed by atoms with E-state index < -0.39 is 0 Å². The Labute approximate surface area is 198 Å². The molecule has 2 heterocycles. The smallest absolute Gasteiger partial charge is 0.274 e. The number of nitrogens with zero attached hydrogens (tertiary/aromatic N) is 2. The maximum absolute atomic E-state index is 13.0. The number of anilines is 1. The molecule has 1 fully saturated rings. The van der Waals surface area contributed by atoms with E-state index in [0.717, 1.165) is 36.0 Å². The van der Waals surface area contributed by atoms with Crippen LogP contribution in [0.2, 0.25) is 5.02 Å². The van der Waals surface area contributed by atoms with Crippen LogP contribution in [-0.4, -0.2) is 40.4 Å². The average molecular weight is 470 g/mol. The summed E-state index contributed by atoms with van der Waals surface area (Å²) in [4.78, 5) is 15.3. The van der Waals surface area contributed by atoms with Crippen molar-refractivity contribution in [3.8, 4) is 33.9 Å². The van der Waals surface area contributed by atoms with Gasteiger partial charge >= 0.3 is 0 Å². The summed E-state index contributed by atoms with van der Waals surface area (Å²) in [5.74, 6) is -0.650. The molecule has 1 amide bonds. The highest BCUT2D eigenvalue weighted by molar-refractivity contribution is 6.32. The number of carbonyl (C=O) groups is 1. The van der Waals surface area contributed by atoms with Crippen LogP contribution in [0.4, 0.5) is 5.69 Å². The quantitative estimate of drug-likeness (QED) is 0.455. The highest BCUT2D eigenvalue weighted by Gasteiger charge is 2.28. The zero-order chi connectivity index (χ0) is 23.7. The number of hydrogen-bond acceptors (Lipinski definition) is 6. The summed E-state index contributed by atoms with van der Waals surface area (Å²) in [6.07, 6.45) is 3.61. The van der Waals surface area contributed by atoms with Gasteiger partial charge in [-0.1, -0.05) is 22.8 Å². The highest BCUT2D eigenvalue weighted by atomic mass is 35.5. The fourth-order valence-electron chi connectivity index (χ4n) is 4.22. The van der Waals surface area contributed by atoms with Crippen LogP contribution in [0.3, 0.4) is 0 Å². The Hall–Kier alpha value is -3.19. The molecule has 0 unspecified atom stereocenters. The topological polar surface area (TPSA) is 98.8 Å². The summed E-state index contributed by atoms with van der Waals surface area (Å²) in [6.45, 7) is 7.76. The summed E-state index contributed by atoms with van der Waals surface area (Å²) >= 11 is 6.10. The van der Waals surface area contributed by atoms with Crippen molar-refractivity contribution in [3.05, 3.63) is 46.6 Å². The number of carbonyl (C=O) groups excluding carboxylic acids is 1. The minimum absolute atomic E-state index is 0.0514. The predicted octanol–water partition coefficient (Wildman–Crippen LogP) is 5.51. The Kier molecular flexibility index (Phi) is 6.51. The molecule has 0 aliphatic carbocycles. The van der Waals surface area contributed by atoms with E-state index in [-0.39, 0.29) is 45.5 Å². The molecule has 8 heteroatoms. The molecule has 1 saturated heterocycles. The molecule has 174 valence electrons. The third-order valence-corrected chi connectivity index (χ3v) is 6.14. The van der Waals surface area contributed by atoms with Gasteiger partial charge in [0, 0.05) is 30.9 Å². The van der Waals surface area contributed by atoms with Gasteiger partial charge in [0.1, 0.15) is 11.5 Å². The van der Waals surface area contributed by atoms with Crippen molar-refractivity contribution in [3.63, 3.8) is 0 Å². The lowest BCUT2D eigenvalue weighted by Crippen LogP contribution is -2.30. The van der Waals surface area contributed by atoms with Crippen molar-refractivity contribution < 1.29 is 19.5 Å². The molecule has 1 aliphatic heterocycles. The summed E-state index contributed by atoms with van der Waals surface area (Å²) in [6, 6.07) is 8.55. The van der Waals surface area contributed by atoms with Crippen LogP contribution >= 0.6 is 11.6 Å². The molecule has 3 aromatic rings. The lowest BCUT2D eigenvalue weighted by molar-refractivity contribution is 0.0934. The number of phenols is 2. The Morgan fingerprint density at radius 3 is 2.48 bits per heavy atom. The number of hydrogen-bond donors (Lipinski definition) is 3. The van der Waals surface area contributed by atoms with Crippen molar-refractivity contribution >= 4 is 23.2 Å². The second-order valence-corrected chi connectivity index (χ2v) is 9.14. The fourth-order valence-corrected chi connectivity index (χ4v) is 4.38. The number of piperidine rings is 1. The fraction of sp³-hybridized carbons (Fsp3) is 0.360. The Morgan fingerprint density at radius 1 is 1.09 bits per heavy atom. The highest BCUT2D eigenvalue weighted by Crippen LogP contribution is 2.44. The number of rotatable bonds is 5. The van der Waals surface area contributed by atoms with Crippen LogP contribution in [0.1, 0.15) is 49.2 Å². The molecule has 1 aromatic heterocycles. The van der Waals surface area contributed by atoms with Gasteiger partial charge < -0.3 is 25.0 Å². The number of aromatic hydroxyl groups is 2. The van der Waals surface area contributed by atoms with Gasteiger partial charge in [-0.25, -0.2) is 0 Å². The van der Waals surface area contributed by atoms with Crippen LogP contribution in [-0.2, 0) is 0 Å². The molecule has 0 saturated carbocycles. The third-order valence-electron chi connectivity index (χ3n) is 5.84. The van der Waals surface area contributed by atoms with Gasteiger partial charge in [-0.05, 0) is 69.4 Å². The first-order chi connectivity index (χ1) is 15.8. The van der Waals surface area contributed by atoms with Gasteiger partial charge in [-0.2, -0.15) is 0 Å². The third kappa shape index (κ3) is 4.64. The minimum atomic E-state index is -0.376. The van der Waals surface area contributed by atoms with Crippen LogP contribution in [0.25, 0.3) is 22.5 Å². The minimum Gasteiger partial charge on any atom is -0.507 e. The first-order valence-electron chi connectivity index (χ1n) is 11.1. The van der Waals surface area contributed by atoms with Crippen LogP contribution in [0.5, 0.6) is 11.5 Å². The van der Waals surface area contributed by atoms with Crippen molar-refractivity contribution in [2.45, 2.75) is 46.1 Å². The lowest BCUT2D eigenvalue weighted by Gasteiger charge is -2.29. The second-order valence-electron chi connectivity index (χ2n) is 8.73. The van der Waals surface area contributed by atoms with Gasteiger partial charge in [0.15, 0.2) is 11.5 Å². The summed E-state index contributed by atoms with van der Waals surface area (Å²) < 4.78 is 5.59. The number of phenolic OH excluding ortho intramolecular Hbond substituents is 2. The van der Waals surface area contributed by atoms with Crippen molar-refractivity contribution in [1.82, 2.24) is 10.5 Å². The van der Waals surface area contributed by atoms with E-state index in [1.165, 1.54) is 25.3 Å². The molecule has 4 rings (SSSR count). The van der Waals surface area contributed by atoms with Crippen LogP contribution < -0.4 is 10.2 Å². The predicted molar refractivity (Wildman–Crippen MR) is 129 cm³/mol. The molecular weight excluding hydrogens is 442 g/mol. The van der Waals surface area contributed by atoms with E-state index in [1.54, 1.807) is 0 Å².